The number of rotatable bonds is 7. The maximum Gasteiger partial charge on any atom is 0.192 e. The lowest BCUT2D eigenvalue weighted by molar-refractivity contribution is -0.249. The number of halogens is 1. The average Bonchev–Trinajstić information content (AvgIpc) is 2.86. The Morgan fingerprint density at radius 1 is 1.03 bits per heavy atom. The highest BCUT2D eigenvalue weighted by atomic mass is 127. The Morgan fingerprint density at radius 2 is 1.65 bits per heavy atom. The predicted octanol–water partition coefficient (Wildman–Crippen LogP) is 6.95. The Morgan fingerprint density at radius 3 is 2.16 bits per heavy atom. The molecule has 4 fully saturated rings. The SMILES string of the molecule is Cc1c(I)cnn1CC12CC3(C)CC(C)(C1)CC(OCCO[Si](C)(C)C(C)(C)C)(C3)C2. The molecule has 5 rings (SSSR count). The summed E-state index contributed by atoms with van der Waals surface area (Å²) in [5.74, 6) is 0. The van der Waals surface area contributed by atoms with Crippen LogP contribution in [0.2, 0.25) is 18.1 Å². The number of aromatic nitrogens is 2. The van der Waals surface area contributed by atoms with Gasteiger partial charge in [-0.2, -0.15) is 5.10 Å². The molecule has 1 aromatic heterocycles. The molecule has 0 aliphatic heterocycles. The zero-order valence-corrected chi connectivity index (χ0v) is 24.2. The van der Waals surface area contributed by atoms with Crippen molar-refractivity contribution in [2.75, 3.05) is 13.2 Å². The van der Waals surface area contributed by atoms with Crippen LogP contribution in [0.1, 0.15) is 78.8 Å². The van der Waals surface area contributed by atoms with E-state index in [1.165, 1.54) is 47.8 Å². The van der Waals surface area contributed by atoms with Crippen LogP contribution in [0.4, 0.5) is 0 Å². The maximum absolute atomic E-state index is 6.84. The highest BCUT2D eigenvalue weighted by molar-refractivity contribution is 14.1. The van der Waals surface area contributed by atoms with E-state index in [0.717, 1.165) is 19.8 Å². The molecule has 31 heavy (non-hydrogen) atoms. The van der Waals surface area contributed by atoms with Gasteiger partial charge < -0.3 is 9.16 Å². The molecule has 0 spiro atoms. The van der Waals surface area contributed by atoms with E-state index in [1.807, 2.05) is 6.20 Å². The van der Waals surface area contributed by atoms with Crippen molar-refractivity contribution < 1.29 is 9.16 Å². The Hall–Kier alpha value is 0.0769. The summed E-state index contributed by atoms with van der Waals surface area (Å²) in [6.45, 7) is 21.4. The molecule has 0 saturated heterocycles. The van der Waals surface area contributed by atoms with Crippen molar-refractivity contribution in [3.05, 3.63) is 15.5 Å². The van der Waals surface area contributed by atoms with Gasteiger partial charge in [0.05, 0.1) is 28.6 Å². The van der Waals surface area contributed by atoms with Gasteiger partial charge in [0.1, 0.15) is 0 Å². The minimum atomic E-state index is -1.72. The largest absolute Gasteiger partial charge is 0.414 e. The third kappa shape index (κ3) is 4.56. The van der Waals surface area contributed by atoms with Crippen LogP contribution in [0.5, 0.6) is 0 Å². The fourth-order valence-electron chi connectivity index (χ4n) is 7.82. The van der Waals surface area contributed by atoms with Crippen LogP contribution in [0.3, 0.4) is 0 Å². The molecule has 0 radical (unpaired) electrons. The van der Waals surface area contributed by atoms with Crippen molar-refractivity contribution in [1.82, 2.24) is 9.78 Å². The van der Waals surface area contributed by atoms with Crippen molar-refractivity contribution in [3.8, 4) is 0 Å². The minimum Gasteiger partial charge on any atom is -0.414 e. The summed E-state index contributed by atoms with van der Waals surface area (Å²) in [6, 6.07) is 0. The molecule has 0 N–H and O–H groups in total. The number of nitrogens with zero attached hydrogens (tertiary/aromatic N) is 2. The van der Waals surface area contributed by atoms with Crippen LogP contribution >= 0.6 is 22.6 Å². The maximum atomic E-state index is 6.84. The van der Waals surface area contributed by atoms with Gasteiger partial charge in [0.25, 0.3) is 0 Å². The molecule has 6 heteroatoms. The lowest BCUT2D eigenvalue weighted by atomic mass is 9.39. The molecule has 0 aromatic carbocycles. The Kier molecular flexibility index (Phi) is 5.89. The first-order chi connectivity index (χ1) is 14.1. The van der Waals surface area contributed by atoms with Gasteiger partial charge in [-0.3, -0.25) is 4.68 Å². The fraction of sp³-hybridized carbons (Fsp3) is 0.880. The summed E-state index contributed by atoms with van der Waals surface area (Å²) < 4.78 is 16.8. The van der Waals surface area contributed by atoms with Gasteiger partial charge >= 0.3 is 0 Å². The summed E-state index contributed by atoms with van der Waals surface area (Å²) in [4.78, 5) is 0. The van der Waals surface area contributed by atoms with Crippen molar-refractivity contribution in [1.29, 1.82) is 0 Å². The van der Waals surface area contributed by atoms with Crippen LogP contribution < -0.4 is 0 Å². The highest BCUT2D eigenvalue weighted by Crippen LogP contribution is 2.72. The molecule has 176 valence electrons. The molecule has 4 aliphatic carbocycles. The number of hydrogen-bond donors (Lipinski definition) is 0. The number of ether oxygens (including phenoxy) is 1. The predicted molar refractivity (Wildman–Crippen MR) is 138 cm³/mol. The summed E-state index contributed by atoms with van der Waals surface area (Å²) in [6.07, 6.45) is 9.61. The zero-order chi connectivity index (χ0) is 22.9. The summed E-state index contributed by atoms with van der Waals surface area (Å²) >= 11 is 2.41. The second-order valence-corrected chi connectivity index (χ2v) is 19.5. The third-order valence-electron chi connectivity index (χ3n) is 8.94. The van der Waals surface area contributed by atoms with Gasteiger partial charge in [0.2, 0.25) is 0 Å². The molecule has 2 atom stereocenters. The lowest BCUT2D eigenvalue weighted by Crippen LogP contribution is -2.64. The van der Waals surface area contributed by atoms with Gasteiger partial charge in [-0.15, -0.1) is 0 Å². The van der Waals surface area contributed by atoms with Crippen LogP contribution in [0.25, 0.3) is 0 Å². The molecule has 2 unspecified atom stereocenters. The van der Waals surface area contributed by atoms with Crippen molar-refractivity contribution >= 4 is 30.9 Å². The fourth-order valence-corrected chi connectivity index (χ4v) is 9.25. The average molecular weight is 559 g/mol. The van der Waals surface area contributed by atoms with Gasteiger partial charge in [0.15, 0.2) is 8.32 Å². The van der Waals surface area contributed by atoms with E-state index in [1.54, 1.807) is 0 Å². The molecular weight excluding hydrogens is 515 g/mol. The molecule has 4 saturated carbocycles. The van der Waals surface area contributed by atoms with Crippen LogP contribution in [0, 0.1) is 26.7 Å². The van der Waals surface area contributed by atoms with E-state index in [2.05, 4.69) is 81.9 Å². The first-order valence-electron chi connectivity index (χ1n) is 12.1. The first-order valence-corrected chi connectivity index (χ1v) is 16.0. The van der Waals surface area contributed by atoms with E-state index >= 15 is 0 Å². The highest BCUT2D eigenvalue weighted by Gasteiger charge is 2.66. The molecule has 4 nitrogen and oxygen atoms in total. The topological polar surface area (TPSA) is 36.3 Å². The third-order valence-corrected chi connectivity index (χ3v) is 14.5. The second-order valence-electron chi connectivity index (χ2n) is 13.6. The summed E-state index contributed by atoms with van der Waals surface area (Å²) in [5.41, 5.74) is 2.40. The number of hydrogen-bond acceptors (Lipinski definition) is 3. The van der Waals surface area contributed by atoms with Gasteiger partial charge in [-0.25, -0.2) is 0 Å². The van der Waals surface area contributed by atoms with Gasteiger partial charge in [0, 0.05) is 12.2 Å². The monoisotopic (exact) mass is 558 g/mol. The normalized spacial score (nSPS) is 37.6. The molecule has 4 bridgehead atoms. The lowest BCUT2D eigenvalue weighted by Gasteiger charge is -2.69. The van der Waals surface area contributed by atoms with E-state index in [-0.39, 0.29) is 10.6 Å². The van der Waals surface area contributed by atoms with Gasteiger partial charge in [-0.1, -0.05) is 34.6 Å². The van der Waals surface area contributed by atoms with E-state index in [0.29, 0.717) is 16.2 Å². The smallest absolute Gasteiger partial charge is 0.192 e. The van der Waals surface area contributed by atoms with Crippen molar-refractivity contribution in [3.63, 3.8) is 0 Å². The van der Waals surface area contributed by atoms with Crippen LogP contribution in [-0.4, -0.2) is 36.9 Å². The zero-order valence-electron chi connectivity index (χ0n) is 21.0. The Bertz CT molecular complexity index is 825. The second kappa shape index (κ2) is 7.54. The van der Waals surface area contributed by atoms with E-state index in [9.17, 15) is 0 Å². The molecular formula is C25H43IN2O2Si. The Balaban J connectivity index is 1.50. The summed E-state index contributed by atoms with van der Waals surface area (Å²) in [7, 11) is -1.72. The standard InChI is InChI=1S/C25H43IN2O2Si/c1-19-20(26)11-27-28(19)18-24-13-22(5)12-23(6,14-24)16-25(15-22,17-24)29-9-10-30-31(7,8)21(2,3)4/h11H,9-10,12-18H2,1-8H3. The van der Waals surface area contributed by atoms with Crippen LogP contribution in [-0.2, 0) is 15.7 Å². The van der Waals surface area contributed by atoms with E-state index in [4.69, 9.17) is 14.3 Å². The molecule has 4 aliphatic rings. The van der Waals surface area contributed by atoms with Gasteiger partial charge in [-0.05, 0) is 102 Å². The van der Waals surface area contributed by atoms with Crippen molar-refractivity contribution in [2.24, 2.45) is 16.2 Å². The van der Waals surface area contributed by atoms with E-state index < -0.39 is 8.32 Å². The van der Waals surface area contributed by atoms with Crippen LogP contribution in [0.15, 0.2) is 6.20 Å². The summed E-state index contributed by atoms with van der Waals surface area (Å²) in [5, 5.41) is 4.99. The minimum absolute atomic E-state index is 0.0171. The quantitative estimate of drug-likeness (QED) is 0.206. The molecule has 1 heterocycles. The Labute approximate surface area is 204 Å². The molecule has 0 amide bonds. The van der Waals surface area contributed by atoms with Crippen molar-refractivity contribution in [2.45, 2.75) is 110 Å². The first kappa shape index (κ1) is 24.2. The molecule has 1 aromatic rings.